The summed E-state index contributed by atoms with van der Waals surface area (Å²) in [5, 5.41) is 5.13. The van der Waals surface area contributed by atoms with Gasteiger partial charge in [-0.1, -0.05) is 0 Å². The zero-order valence-corrected chi connectivity index (χ0v) is 12.5. The van der Waals surface area contributed by atoms with Crippen molar-refractivity contribution in [2.75, 3.05) is 12.4 Å². The Hall–Kier alpha value is -2.80. The number of ether oxygens (including phenoxy) is 1. The van der Waals surface area contributed by atoms with Crippen LogP contribution in [0.5, 0.6) is 5.88 Å². The first-order valence-corrected chi connectivity index (χ1v) is 7.32. The van der Waals surface area contributed by atoms with Crippen LogP contribution in [-0.2, 0) is 0 Å². The van der Waals surface area contributed by atoms with Crippen molar-refractivity contribution in [1.82, 2.24) is 15.0 Å². The minimum absolute atomic E-state index is 0.282. The Morgan fingerprint density at radius 3 is 2.91 bits per heavy atom. The van der Waals surface area contributed by atoms with Crippen LogP contribution in [0.15, 0.2) is 48.2 Å². The number of hydrogen-bond donors (Lipinski definition) is 1. The number of carbonyl (C=O) groups excluding carboxylic acids is 1. The molecular formula is C15H12N4O2S. The van der Waals surface area contributed by atoms with Crippen LogP contribution in [0.25, 0.3) is 11.3 Å². The topological polar surface area (TPSA) is 77.0 Å². The van der Waals surface area contributed by atoms with Crippen molar-refractivity contribution in [2.45, 2.75) is 0 Å². The molecule has 0 saturated carbocycles. The molecule has 0 unspecified atom stereocenters. The lowest BCUT2D eigenvalue weighted by atomic mass is 10.2. The van der Waals surface area contributed by atoms with E-state index < -0.39 is 0 Å². The molecule has 1 N–H and O–H groups in total. The molecule has 6 nitrogen and oxygen atoms in total. The number of methoxy groups -OCH3 is 1. The highest BCUT2D eigenvalue weighted by Crippen LogP contribution is 2.25. The SMILES string of the molecule is COc1ncccc1C(=O)Nc1nc(-c2cccnc2)cs1. The fourth-order valence-electron chi connectivity index (χ4n) is 1.87. The van der Waals surface area contributed by atoms with Crippen LogP contribution in [0.2, 0.25) is 0 Å². The maximum absolute atomic E-state index is 12.3. The fraction of sp³-hybridized carbons (Fsp3) is 0.0667. The highest BCUT2D eigenvalue weighted by Gasteiger charge is 2.14. The van der Waals surface area contributed by atoms with Crippen LogP contribution < -0.4 is 10.1 Å². The van der Waals surface area contributed by atoms with Crippen molar-refractivity contribution >= 4 is 22.4 Å². The predicted molar refractivity (Wildman–Crippen MR) is 84.1 cm³/mol. The smallest absolute Gasteiger partial charge is 0.262 e. The summed E-state index contributed by atoms with van der Waals surface area (Å²) in [4.78, 5) is 24.7. The van der Waals surface area contributed by atoms with Gasteiger partial charge in [-0.05, 0) is 24.3 Å². The van der Waals surface area contributed by atoms with E-state index >= 15 is 0 Å². The first-order valence-electron chi connectivity index (χ1n) is 6.44. The molecule has 3 aromatic heterocycles. The number of hydrogen-bond acceptors (Lipinski definition) is 6. The Bertz CT molecular complexity index is 789. The first kappa shape index (κ1) is 14.2. The van der Waals surface area contributed by atoms with Gasteiger partial charge >= 0.3 is 0 Å². The van der Waals surface area contributed by atoms with Crippen molar-refractivity contribution in [3.63, 3.8) is 0 Å². The summed E-state index contributed by atoms with van der Waals surface area (Å²) in [5.41, 5.74) is 2.04. The molecule has 0 aliphatic heterocycles. The van der Waals surface area contributed by atoms with E-state index in [0.29, 0.717) is 10.7 Å². The van der Waals surface area contributed by atoms with Gasteiger partial charge < -0.3 is 4.74 Å². The number of aromatic nitrogens is 3. The number of thiazole rings is 1. The largest absolute Gasteiger partial charge is 0.480 e. The molecule has 0 aliphatic rings. The quantitative estimate of drug-likeness (QED) is 0.801. The number of pyridine rings is 2. The third-order valence-electron chi connectivity index (χ3n) is 2.89. The molecule has 110 valence electrons. The number of carbonyl (C=O) groups is 1. The van der Waals surface area contributed by atoms with E-state index in [9.17, 15) is 4.79 Å². The molecule has 0 saturated heterocycles. The molecule has 0 aliphatic carbocycles. The van der Waals surface area contributed by atoms with Crippen LogP contribution in [0.1, 0.15) is 10.4 Å². The first-order chi connectivity index (χ1) is 10.8. The summed E-state index contributed by atoms with van der Waals surface area (Å²) in [6.45, 7) is 0. The maximum atomic E-state index is 12.3. The van der Waals surface area contributed by atoms with Crippen LogP contribution in [-0.4, -0.2) is 28.0 Å². The Kier molecular flexibility index (Phi) is 4.06. The van der Waals surface area contributed by atoms with Crippen molar-refractivity contribution in [3.8, 4) is 17.1 Å². The van der Waals surface area contributed by atoms with Gasteiger partial charge in [-0.15, -0.1) is 11.3 Å². The van der Waals surface area contributed by atoms with Gasteiger partial charge in [-0.2, -0.15) is 0 Å². The number of amides is 1. The van der Waals surface area contributed by atoms with E-state index in [1.54, 1.807) is 30.7 Å². The summed E-state index contributed by atoms with van der Waals surface area (Å²) >= 11 is 1.35. The average molecular weight is 312 g/mol. The lowest BCUT2D eigenvalue weighted by Gasteiger charge is -2.05. The summed E-state index contributed by atoms with van der Waals surface area (Å²) in [7, 11) is 1.48. The number of nitrogens with one attached hydrogen (secondary N) is 1. The van der Waals surface area contributed by atoms with Gasteiger partial charge in [0.15, 0.2) is 5.13 Å². The third-order valence-corrected chi connectivity index (χ3v) is 3.65. The minimum atomic E-state index is -0.308. The highest BCUT2D eigenvalue weighted by atomic mass is 32.1. The number of nitrogens with zero attached hydrogens (tertiary/aromatic N) is 3. The van der Waals surface area contributed by atoms with E-state index in [-0.39, 0.29) is 11.8 Å². The molecule has 0 fully saturated rings. The second-order valence-electron chi connectivity index (χ2n) is 4.29. The van der Waals surface area contributed by atoms with Crippen LogP contribution in [0, 0.1) is 0 Å². The summed E-state index contributed by atoms with van der Waals surface area (Å²) in [6, 6.07) is 7.09. The lowest BCUT2D eigenvalue weighted by molar-refractivity contribution is 0.102. The molecule has 0 radical (unpaired) electrons. The Morgan fingerprint density at radius 1 is 1.27 bits per heavy atom. The number of rotatable bonds is 4. The van der Waals surface area contributed by atoms with Gasteiger partial charge in [0.05, 0.1) is 12.8 Å². The van der Waals surface area contributed by atoms with Gasteiger partial charge in [-0.25, -0.2) is 9.97 Å². The normalized spacial score (nSPS) is 10.2. The highest BCUT2D eigenvalue weighted by molar-refractivity contribution is 7.14. The molecule has 0 aromatic carbocycles. The Labute approximate surface area is 130 Å². The van der Waals surface area contributed by atoms with Crippen molar-refractivity contribution in [2.24, 2.45) is 0 Å². The van der Waals surface area contributed by atoms with Crippen molar-refractivity contribution in [1.29, 1.82) is 0 Å². The van der Waals surface area contributed by atoms with Gasteiger partial charge in [0.1, 0.15) is 5.56 Å². The molecule has 3 aromatic rings. The molecule has 22 heavy (non-hydrogen) atoms. The minimum Gasteiger partial charge on any atom is -0.480 e. The zero-order chi connectivity index (χ0) is 15.4. The van der Waals surface area contributed by atoms with Gasteiger partial charge in [0.25, 0.3) is 5.91 Å². The molecule has 3 heterocycles. The van der Waals surface area contributed by atoms with Crippen molar-refractivity contribution in [3.05, 3.63) is 53.8 Å². The summed E-state index contributed by atoms with van der Waals surface area (Å²) in [5.74, 6) is -0.0268. The zero-order valence-electron chi connectivity index (χ0n) is 11.7. The number of anilines is 1. The van der Waals surface area contributed by atoms with Gasteiger partial charge in [-0.3, -0.25) is 15.1 Å². The monoisotopic (exact) mass is 312 g/mol. The van der Waals surface area contributed by atoms with E-state index in [0.717, 1.165) is 11.3 Å². The molecule has 0 spiro atoms. The third kappa shape index (κ3) is 2.94. The fourth-order valence-corrected chi connectivity index (χ4v) is 2.58. The van der Waals surface area contributed by atoms with E-state index in [1.165, 1.54) is 18.4 Å². The average Bonchev–Trinajstić information content (AvgIpc) is 3.04. The molecule has 0 bridgehead atoms. The van der Waals surface area contributed by atoms with E-state index in [4.69, 9.17) is 4.74 Å². The molecular weight excluding hydrogens is 300 g/mol. The molecule has 1 amide bonds. The lowest BCUT2D eigenvalue weighted by Crippen LogP contribution is -2.13. The van der Waals surface area contributed by atoms with E-state index in [2.05, 4.69) is 20.3 Å². The predicted octanol–water partition coefficient (Wildman–Crippen LogP) is 2.86. The van der Waals surface area contributed by atoms with Crippen molar-refractivity contribution < 1.29 is 9.53 Å². The summed E-state index contributed by atoms with van der Waals surface area (Å²) in [6.07, 6.45) is 5.00. The van der Waals surface area contributed by atoms with Gasteiger partial charge in [0.2, 0.25) is 5.88 Å². The second-order valence-corrected chi connectivity index (χ2v) is 5.15. The standard InChI is InChI=1S/C15H12N4O2S/c1-21-14-11(5-3-7-17-14)13(20)19-15-18-12(9-22-15)10-4-2-6-16-8-10/h2-9H,1H3,(H,18,19,20). The van der Waals surface area contributed by atoms with E-state index in [1.807, 2.05) is 17.5 Å². The van der Waals surface area contributed by atoms with Crippen LogP contribution >= 0.6 is 11.3 Å². The molecule has 7 heteroatoms. The maximum Gasteiger partial charge on any atom is 0.262 e. The summed E-state index contributed by atoms with van der Waals surface area (Å²) < 4.78 is 5.08. The van der Waals surface area contributed by atoms with Crippen LogP contribution in [0.4, 0.5) is 5.13 Å². The van der Waals surface area contributed by atoms with Gasteiger partial charge in [0, 0.05) is 29.5 Å². The Balaban J connectivity index is 1.79. The molecule has 0 atom stereocenters. The molecule has 3 rings (SSSR count). The Morgan fingerprint density at radius 2 is 2.14 bits per heavy atom. The second kappa shape index (κ2) is 6.31. The van der Waals surface area contributed by atoms with Crippen LogP contribution in [0.3, 0.4) is 0 Å².